The first-order valence-corrected chi connectivity index (χ1v) is 7.74. The number of halogens is 1. The Kier molecular flexibility index (Phi) is 4.63. The summed E-state index contributed by atoms with van der Waals surface area (Å²) in [5, 5.41) is 6.29. The lowest BCUT2D eigenvalue weighted by atomic mass is 10.2. The summed E-state index contributed by atoms with van der Waals surface area (Å²) >= 11 is 5.81. The van der Waals surface area contributed by atoms with E-state index in [0.717, 1.165) is 25.4 Å². The number of urea groups is 1. The molecular formula is C15H20ClN3O2. The van der Waals surface area contributed by atoms with Gasteiger partial charge in [-0.2, -0.15) is 0 Å². The number of morpholine rings is 1. The molecule has 1 aromatic rings. The van der Waals surface area contributed by atoms with E-state index in [4.69, 9.17) is 16.3 Å². The van der Waals surface area contributed by atoms with Crippen molar-refractivity contribution in [1.29, 1.82) is 0 Å². The summed E-state index contributed by atoms with van der Waals surface area (Å²) < 4.78 is 5.81. The molecule has 0 aliphatic carbocycles. The number of carbonyl (C=O) groups is 1. The summed E-state index contributed by atoms with van der Waals surface area (Å²) in [7, 11) is 0. The summed E-state index contributed by atoms with van der Waals surface area (Å²) in [6.45, 7) is 3.38. The SMILES string of the molecule is O=C(NC[C@@H]1CN2CCC[C@@H]2CO1)Nc1ccc(Cl)cc1. The first kappa shape index (κ1) is 14.6. The molecule has 1 aromatic carbocycles. The fourth-order valence-electron chi connectivity index (χ4n) is 2.92. The van der Waals surface area contributed by atoms with Gasteiger partial charge in [-0.3, -0.25) is 4.90 Å². The monoisotopic (exact) mass is 309 g/mol. The molecule has 2 amide bonds. The number of carbonyl (C=O) groups excluding carboxylic acids is 1. The van der Waals surface area contributed by atoms with Gasteiger partial charge in [0.1, 0.15) is 0 Å². The second-order valence-corrected chi connectivity index (χ2v) is 6.02. The molecule has 0 saturated carbocycles. The highest BCUT2D eigenvalue weighted by molar-refractivity contribution is 6.30. The van der Waals surface area contributed by atoms with Gasteiger partial charge in [-0.05, 0) is 43.7 Å². The quantitative estimate of drug-likeness (QED) is 0.901. The van der Waals surface area contributed by atoms with Crippen molar-refractivity contribution in [3.8, 4) is 0 Å². The Morgan fingerprint density at radius 1 is 1.38 bits per heavy atom. The zero-order valence-corrected chi connectivity index (χ0v) is 12.6. The van der Waals surface area contributed by atoms with Gasteiger partial charge in [-0.1, -0.05) is 11.6 Å². The number of rotatable bonds is 3. The molecule has 2 fully saturated rings. The summed E-state index contributed by atoms with van der Waals surface area (Å²) in [4.78, 5) is 14.3. The third kappa shape index (κ3) is 3.87. The molecule has 0 bridgehead atoms. The number of nitrogens with zero attached hydrogens (tertiary/aromatic N) is 1. The van der Waals surface area contributed by atoms with Gasteiger partial charge in [0.2, 0.25) is 0 Å². The number of benzene rings is 1. The van der Waals surface area contributed by atoms with Crippen LogP contribution in [0.15, 0.2) is 24.3 Å². The lowest BCUT2D eigenvalue weighted by Gasteiger charge is -2.35. The van der Waals surface area contributed by atoms with Crippen molar-refractivity contribution >= 4 is 23.3 Å². The van der Waals surface area contributed by atoms with E-state index < -0.39 is 0 Å². The Morgan fingerprint density at radius 2 is 2.19 bits per heavy atom. The molecular weight excluding hydrogens is 290 g/mol. The van der Waals surface area contributed by atoms with Crippen molar-refractivity contribution in [3.63, 3.8) is 0 Å². The number of nitrogens with one attached hydrogen (secondary N) is 2. The average Bonchev–Trinajstić information content (AvgIpc) is 2.95. The molecule has 2 atom stereocenters. The fourth-order valence-corrected chi connectivity index (χ4v) is 3.05. The number of anilines is 1. The maximum Gasteiger partial charge on any atom is 0.319 e. The number of hydrogen-bond donors (Lipinski definition) is 2. The Bertz CT molecular complexity index is 494. The molecule has 3 rings (SSSR count). The van der Waals surface area contributed by atoms with Crippen molar-refractivity contribution in [2.24, 2.45) is 0 Å². The van der Waals surface area contributed by atoms with E-state index in [1.165, 1.54) is 12.8 Å². The molecule has 2 N–H and O–H groups in total. The van der Waals surface area contributed by atoms with E-state index in [-0.39, 0.29) is 12.1 Å². The third-order valence-corrected chi connectivity index (χ3v) is 4.31. The highest BCUT2D eigenvalue weighted by atomic mass is 35.5. The minimum absolute atomic E-state index is 0.0790. The van der Waals surface area contributed by atoms with Gasteiger partial charge in [0.15, 0.2) is 0 Å². The Morgan fingerprint density at radius 3 is 3.00 bits per heavy atom. The van der Waals surface area contributed by atoms with Crippen molar-refractivity contribution in [1.82, 2.24) is 10.2 Å². The van der Waals surface area contributed by atoms with Crippen LogP contribution in [-0.4, -0.2) is 49.3 Å². The average molecular weight is 310 g/mol. The van der Waals surface area contributed by atoms with Crippen LogP contribution in [-0.2, 0) is 4.74 Å². The molecule has 2 aliphatic rings. The van der Waals surface area contributed by atoms with Gasteiger partial charge in [0.25, 0.3) is 0 Å². The van der Waals surface area contributed by atoms with Gasteiger partial charge in [-0.25, -0.2) is 4.79 Å². The van der Waals surface area contributed by atoms with Crippen LogP contribution in [0.2, 0.25) is 5.02 Å². The molecule has 6 heteroatoms. The van der Waals surface area contributed by atoms with E-state index in [0.29, 0.717) is 17.6 Å². The topological polar surface area (TPSA) is 53.6 Å². The van der Waals surface area contributed by atoms with Crippen LogP contribution in [0.3, 0.4) is 0 Å². The van der Waals surface area contributed by atoms with Crippen LogP contribution in [0, 0.1) is 0 Å². The van der Waals surface area contributed by atoms with Crippen LogP contribution >= 0.6 is 11.6 Å². The van der Waals surface area contributed by atoms with Crippen LogP contribution in [0.1, 0.15) is 12.8 Å². The van der Waals surface area contributed by atoms with E-state index in [2.05, 4.69) is 15.5 Å². The number of fused-ring (bicyclic) bond motifs is 1. The molecule has 114 valence electrons. The van der Waals surface area contributed by atoms with Crippen molar-refractivity contribution < 1.29 is 9.53 Å². The van der Waals surface area contributed by atoms with Gasteiger partial charge in [-0.15, -0.1) is 0 Å². The minimum Gasteiger partial charge on any atom is -0.373 e. The van der Waals surface area contributed by atoms with E-state index in [9.17, 15) is 4.79 Å². The predicted molar refractivity (Wildman–Crippen MR) is 82.8 cm³/mol. The lowest BCUT2D eigenvalue weighted by Crippen LogP contribution is -2.50. The zero-order valence-electron chi connectivity index (χ0n) is 11.8. The van der Waals surface area contributed by atoms with Crippen molar-refractivity contribution in [2.75, 3.05) is 31.6 Å². The summed E-state index contributed by atoms with van der Waals surface area (Å²) in [5.74, 6) is 0. The fraction of sp³-hybridized carbons (Fsp3) is 0.533. The summed E-state index contributed by atoms with van der Waals surface area (Å²) in [5.41, 5.74) is 0.723. The Labute approximate surface area is 129 Å². The van der Waals surface area contributed by atoms with E-state index in [1.54, 1.807) is 24.3 Å². The number of hydrogen-bond acceptors (Lipinski definition) is 3. The van der Waals surface area contributed by atoms with Crippen LogP contribution in [0.25, 0.3) is 0 Å². The maximum absolute atomic E-state index is 11.8. The highest BCUT2D eigenvalue weighted by Gasteiger charge is 2.32. The molecule has 0 spiro atoms. The number of amides is 2. The Hall–Kier alpha value is -1.30. The molecule has 0 radical (unpaired) electrons. The van der Waals surface area contributed by atoms with Crippen molar-refractivity contribution in [2.45, 2.75) is 25.0 Å². The van der Waals surface area contributed by atoms with Gasteiger partial charge >= 0.3 is 6.03 Å². The second kappa shape index (κ2) is 6.64. The van der Waals surface area contributed by atoms with Gasteiger partial charge in [0.05, 0.1) is 12.7 Å². The molecule has 2 saturated heterocycles. The third-order valence-electron chi connectivity index (χ3n) is 4.05. The molecule has 0 unspecified atom stereocenters. The normalized spacial score (nSPS) is 25.4. The second-order valence-electron chi connectivity index (χ2n) is 5.59. The largest absolute Gasteiger partial charge is 0.373 e. The standard InChI is InChI=1S/C15H20ClN3O2/c16-11-3-5-12(6-4-11)18-15(20)17-8-14-9-19-7-1-2-13(19)10-21-14/h3-6,13-14H,1-2,7-10H2,(H2,17,18,20)/t13-,14-/m1/s1. The van der Waals surface area contributed by atoms with Gasteiger partial charge < -0.3 is 15.4 Å². The van der Waals surface area contributed by atoms with E-state index in [1.807, 2.05) is 0 Å². The van der Waals surface area contributed by atoms with Crippen LogP contribution < -0.4 is 10.6 Å². The molecule has 2 aliphatic heterocycles. The molecule has 0 aromatic heterocycles. The minimum atomic E-state index is -0.218. The van der Waals surface area contributed by atoms with Crippen LogP contribution in [0.5, 0.6) is 0 Å². The first-order valence-electron chi connectivity index (χ1n) is 7.37. The number of ether oxygens (including phenoxy) is 1. The predicted octanol–water partition coefficient (Wildman–Crippen LogP) is 2.32. The van der Waals surface area contributed by atoms with Gasteiger partial charge in [0, 0.05) is 29.8 Å². The zero-order chi connectivity index (χ0) is 14.7. The van der Waals surface area contributed by atoms with Crippen molar-refractivity contribution in [3.05, 3.63) is 29.3 Å². The molecule has 21 heavy (non-hydrogen) atoms. The van der Waals surface area contributed by atoms with E-state index >= 15 is 0 Å². The smallest absolute Gasteiger partial charge is 0.319 e. The maximum atomic E-state index is 11.8. The summed E-state index contributed by atoms with van der Waals surface area (Å²) in [6, 6.07) is 7.40. The lowest BCUT2D eigenvalue weighted by molar-refractivity contribution is -0.0456. The summed E-state index contributed by atoms with van der Waals surface area (Å²) in [6.07, 6.45) is 2.57. The Balaban J connectivity index is 1.42. The highest BCUT2D eigenvalue weighted by Crippen LogP contribution is 2.22. The molecule has 2 heterocycles. The first-order chi connectivity index (χ1) is 10.2. The van der Waals surface area contributed by atoms with Crippen LogP contribution in [0.4, 0.5) is 10.5 Å². The molecule has 5 nitrogen and oxygen atoms in total.